The Morgan fingerprint density at radius 1 is 1.04 bits per heavy atom. The third-order valence-electron chi connectivity index (χ3n) is 5.37. The molecule has 23 heavy (non-hydrogen) atoms. The van der Waals surface area contributed by atoms with E-state index in [4.69, 9.17) is 0 Å². The Kier molecular flexibility index (Phi) is 3.03. The molecule has 0 saturated heterocycles. The van der Waals surface area contributed by atoms with Crippen molar-refractivity contribution in [2.24, 2.45) is 0 Å². The molecule has 2 aromatic carbocycles. The minimum Gasteiger partial charge on any atom is -0.363 e. The predicted octanol–water partition coefficient (Wildman–Crippen LogP) is 5.01. The number of halogens is 3. The van der Waals surface area contributed by atoms with Gasteiger partial charge >= 0.3 is 6.18 Å². The number of rotatable bonds is 1. The minimum atomic E-state index is -4.31. The van der Waals surface area contributed by atoms with E-state index >= 15 is 0 Å². The lowest BCUT2D eigenvalue weighted by Gasteiger charge is -2.39. The summed E-state index contributed by atoms with van der Waals surface area (Å²) in [6.45, 7) is 2.04. The minimum absolute atomic E-state index is 0.427. The Labute approximate surface area is 133 Å². The number of nitrogens with zero attached hydrogens (tertiary/aromatic N) is 1. The molecule has 4 heteroatoms. The van der Waals surface area contributed by atoms with Crippen molar-refractivity contribution < 1.29 is 13.2 Å². The van der Waals surface area contributed by atoms with E-state index < -0.39 is 17.6 Å². The Morgan fingerprint density at radius 2 is 1.78 bits per heavy atom. The number of benzene rings is 2. The van der Waals surface area contributed by atoms with Crippen molar-refractivity contribution in [1.29, 1.82) is 0 Å². The van der Waals surface area contributed by atoms with Crippen molar-refractivity contribution in [1.82, 2.24) is 0 Å². The Morgan fingerprint density at radius 3 is 2.48 bits per heavy atom. The van der Waals surface area contributed by atoms with Gasteiger partial charge in [0.25, 0.3) is 0 Å². The molecule has 0 unspecified atom stereocenters. The van der Waals surface area contributed by atoms with Crippen molar-refractivity contribution in [3.63, 3.8) is 0 Å². The highest BCUT2D eigenvalue weighted by Crippen LogP contribution is 2.61. The zero-order chi connectivity index (χ0) is 16.2. The van der Waals surface area contributed by atoms with Crippen LogP contribution in [0.5, 0.6) is 0 Å². The maximum Gasteiger partial charge on any atom is 0.400 e. The first-order valence-corrected chi connectivity index (χ1v) is 7.95. The topological polar surface area (TPSA) is 3.24 Å². The SMILES string of the molecule is C[C@@]1(C(F)(F)F)c2cccc3c2N(CCC3)[C@H]1c1ccccc1. The van der Waals surface area contributed by atoms with E-state index in [2.05, 4.69) is 0 Å². The molecule has 0 fully saturated rings. The molecule has 2 atom stereocenters. The summed E-state index contributed by atoms with van der Waals surface area (Å²) in [6.07, 6.45) is -2.55. The van der Waals surface area contributed by atoms with E-state index in [0.29, 0.717) is 12.1 Å². The maximum absolute atomic E-state index is 14.2. The second-order valence-electron chi connectivity index (χ2n) is 6.62. The number of hydrogen-bond donors (Lipinski definition) is 0. The Bertz CT molecular complexity index is 738. The van der Waals surface area contributed by atoms with E-state index in [1.165, 1.54) is 6.92 Å². The summed E-state index contributed by atoms with van der Waals surface area (Å²) in [5.74, 6) is 0. The van der Waals surface area contributed by atoms with Gasteiger partial charge in [0.2, 0.25) is 0 Å². The van der Waals surface area contributed by atoms with Crippen LogP contribution in [0.25, 0.3) is 0 Å². The average molecular weight is 317 g/mol. The van der Waals surface area contributed by atoms with Crippen LogP contribution >= 0.6 is 0 Å². The molecule has 0 radical (unpaired) electrons. The normalized spacial score (nSPS) is 26.3. The van der Waals surface area contributed by atoms with Crippen molar-refractivity contribution in [3.8, 4) is 0 Å². The lowest BCUT2D eigenvalue weighted by atomic mass is 9.75. The number of anilines is 1. The molecule has 0 N–H and O–H groups in total. The molecule has 0 aromatic heterocycles. The monoisotopic (exact) mass is 317 g/mol. The largest absolute Gasteiger partial charge is 0.400 e. The average Bonchev–Trinajstić information content (AvgIpc) is 2.81. The highest BCUT2D eigenvalue weighted by molar-refractivity contribution is 5.71. The van der Waals surface area contributed by atoms with Gasteiger partial charge in [-0.2, -0.15) is 13.2 Å². The van der Waals surface area contributed by atoms with Crippen LogP contribution in [0.3, 0.4) is 0 Å². The molecular formula is C19H18F3N. The van der Waals surface area contributed by atoms with Crippen LogP contribution in [-0.4, -0.2) is 12.7 Å². The fraction of sp³-hybridized carbons (Fsp3) is 0.368. The van der Waals surface area contributed by atoms with Gasteiger partial charge in [-0.25, -0.2) is 0 Å². The Balaban J connectivity index is 2.00. The standard InChI is InChI=1S/C19H18F3N/c1-18(19(20,21)22)15-11-5-9-13-10-6-12-23(16(13)15)17(18)14-7-3-2-4-8-14/h2-5,7-9,11,17H,6,10,12H2,1H3/t17-,18+/m0/s1. The third-order valence-corrected chi connectivity index (χ3v) is 5.37. The molecule has 0 saturated carbocycles. The van der Waals surface area contributed by atoms with Crippen molar-refractivity contribution in [2.75, 3.05) is 11.4 Å². The smallest absolute Gasteiger partial charge is 0.363 e. The van der Waals surface area contributed by atoms with Gasteiger partial charge in [-0.1, -0.05) is 48.5 Å². The van der Waals surface area contributed by atoms with Crippen LogP contribution in [0, 0.1) is 0 Å². The van der Waals surface area contributed by atoms with E-state index in [0.717, 1.165) is 29.7 Å². The van der Waals surface area contributed by atoms with Gasteiger partial charge in [0.1, 0.15) is 5.41 Å². The van der Waals surface area contributed by atoms with Gasteiger partial charge in [-0.3, -0.25) is 0 Å². The summed E-state index contributed by atoms with van der Waals surface area (Å²) in [4.78, 5) is 1.98. The molecule has 1 nitrogen and oxygen atoms in total. The van der Waals surface area contributed by atoms with E-state index in [9.17, 15) is 13.2 Å². The summed E-state index contributed by atoms with van der Waals surface area (Å²) in [7, 11) is 0. The summed E-state index contributed by atoms with van der Waals surface area (Å²) in [6, 6.07) is 13.8. The highest BCUT2D eigenvalue weighted by atomic mass is 19.4. The number of hydrogen-bond acceptors (Lipinski definition) is 1. The zero-order valence-corrected chi connectivity index (χ0v) is 12.9. The molecule has 0 bridgehead atoms. The van der Waals surface area contributed by atoms with Gasteiger partial charge < -0.3 is 4.90 Å². The van der Waals surface area contributed by atoms with Crippen LogP contribution in [-0.2, 0) is 11.8 Å². The maximum atomic E-state index is 14.2. The van der Waals surface area contributed by atoms with E-state index in [-0.39, 0.29) is 0 Å². The fourth-order valence-corrected chi connectivity index (χ4v) is 4.28. The summed E-state index contributed by atoms with van der Waals surface area (Å²) >= 11 is 0. The number of aryl methyl sites for hydroxylation is 1. The summed E-state index contributed by atoms with van der Waals surface area (Å²) < 4.78 is 42.6. The summed E-state index contributed by atoms with van der Waals surface area (Å²) in [5, 5.41) is 0. The van der Waals surface area contributed by atoms with Crippen LogP contribution in [0.4, 0.5) is 18.9 Å². The van der Waals surface area contributed by atoms with Crippen molar-refractivity contribution in [3.05, 3.63) is 65.2 Å². The van der Waals surface area contributed by atoms with Crippen LogP contribution < -0.4 is 4.90 Å². The van der Waals surface area contributed by atoms with Crippen LogP contribution in [0.1, 0.15) is 36.1 Å². The lowest BCUT2D eigenvalue weighted by Crippen LogP contribution is -2.46. The lowest BCUT2D eigenvalue weighted by molar-refractivity contribution is -0.190. The van der Waals surface area contributed by atoms with Crippen LogP contribution in [0.2, 0.25) is 0 Å². The van der Waals surface area contributed by atoms with Gasteiger partial charge in [-0.15, -0.1) is 0 Å². The molecule has 4 rings (SSSR count). The summed E-state index contributed by atoms with van der Waals surface area (Å²) in [5.41, 5.74) is 1.13. The van der Waals surface area contributed by atoms with Crippen molar-refractivity contribution in [2.45, 2.75) is 37.4 Å². The first-order valence-electron chi connectivity index (χ1n) is 7.95. The third kappa shape index (κ3) is 1.87. The zero-order valence-electron chi connectivity index (χ0n) is 12.9. The molecule has 120 valence electrons. The number of para-hydroxylation sites is 1. The molecule has 0 spiro atoms. The molecular weight excluding hydrogens is 299 g/mol. The molecule has 2 heterocycles. The van der Waals surface area contributed by atoms with Gasteiger partial charge in [0, 0.05) is 12.2 Å². The highest BCUT2D eigenvalue weighted by Gasteiger charge is 2.64. The Hall–Kier alpha value is -1.97. The van der Waals surface area contributed by atoms with E-state index in [1.807, 2.05) is 41.3 Å². The molecule has 0 amide bonds. The molecule has 0 aliphatic carbocycles. The quantitative estimate of drug-likeness (QED) is 0.714. The van der Waals surface area contributed by atoms with Gasteiger partial charge in [0.15, 0.2) is 0 Å². The molecule has 2 aliphatic rings. The second-order valence-corrected chi connectivity index (χ2v) is 6.62. The predicted molar refractivity (Wildman–Crippen MR) is 84.7 cm³/mol. The fourth-order valence-electron chi connectivity index (χ4n) is 4.28. The molecule has 2 aromatic rings. The van der Waals surface area contributed by atoms with Crippen LogP contribution in [0.15, 0.2) is 48.5 Å². The first-order chi connectivity index (χ1) is 10.9. The van der Waals surface area contributed by atoms with E-state index in [1.54, 1.807) is 12.1 Å². The first kappa shape index (κ1) is 14.6. The second kappa shape index (κ2) is 4.76. The van der Waals surface area contributed by atoms with Gasteiger partial charge in [0.05, 0.1) is 6.04 Å². The molecule has 2 aliphatic heterocycles. The van der Waals surface area contributed by atoms with Crippen molar-refractivity contribution >= 4 is 5.69 Å². The van der Waals surface area contributed by atoms with Gasteiger partial charge in [-0.05, 0) is 36.5 Å². The number of alkyl halides is 3.